The minimum absolute atomic E-state index is 0.190. The Kier molecular flexibility index (Phi) is 4.05. The summed E-state index contributed by atoms with van der Waals surface area (Å²) >= 11 is 0. The van der Waals surface area contributed by atoms with E-state index >= 15 is 0 Å². The number of carbonyl (C=O) groups excluding carboxylic acids is 1. The zero-order valence-electron chi connectivity index (χ0n) is 16.0. The number of fused-ring (bicyclic) bond motifs is 2. The topological polar surface area (TPSA) is 51.9 Å². The Bertz CT molecular complexity index is 1210. The van der Waals surface area contributed by atoms with Gasteiger partial charge in [-0.15, -0.1) is 0 Å². The molecule has 0 saturated carbocycles. The van der Waals surface area contributed by atoms with Crippen molar-refractivity contribution in [1.29, 1.82) is 0 Å². The van der Waals surface area contributed by atoms with Crippen LogP contribution in [0.1, 0.15) is 23.1 Å². The van der Waals surface area contributed by atoms with Gasteiger partial charge in [0.15, 0.2) is 0 Å². The lowest BCUT2D eigenvalue weighted by Gasteiger charge is -2.26. The van der Waals surface area contributed by atoms with Crippen LogP contribution in [0, 0.1) is 6.92 Å². The summed E-state index contributed by atoms with van der Waals surface area (Å²) in [5.41, 5.74) is 7.21. The second-order valence-electron chi connectivity index (χ2n) is 7.56. The Morgan fingerprint density at radius 1 is 1.04 bits per heavy atom. The summed E-state index contributed by atoms with van der Waals surface area (Å²) in [5.74, 6) is 0.190. The second kappa shape index (κ2) is 6.71. The Morgan fingerprint density at radius 3 is 2.75 bits per heavy atom. The highest BCUT2D eigenvalue weighted by molar-refractivity contribution is 5.95. The monoisotopic (exact) mass is 369 g/mol. The van der Waals surface area contributed by atoms with Crippen molar-refractivity contribution in [3.8, 4) is 0 Å². The summed E-state index contributed by atoms with van der Waals surface area (Å²) in [7, 11) is 0. The smallest absolute Gasteiger partial charge is 0.227 e. The van der Waals surface area contributed by atoms with Crippen molar-refractivity contribution in [3.63, 3.8) is 0 Å². The predicted molar refractivity (Wildman–Crippen MR) is 114 cm³/mol. The van der Waals surface area contributed by atoms with Crippen LogP contribution in [0.25, 0.3) is 27.4 Å². The minimum atomic E-state index is 0.190. The van der Waals surface area contributed by atoms with Crippen LogP contribution in [0.3, 0.4) is 0 Å². The van der Waals surface area contributed by atoms with E-state index in [4.69, 9.17) is 0 Å². The molecule has 0 unspecified atom stereocenters. The number of rotatable bonds is 3. The van der Waals surface area contributed by atoms with E-state index in [2.05, 4.69) is 53.4 Å². The number of para-hydroxylation sites is 2. The van der Waals surface area contributed by atoms with Crippen LogP contribution in [-0.4, -0.2) is 33.9 Å². The number of amides is 1. The van der Waals surface area contributed by atoms with E-state index in [1.807, 2.05) is 29.3 Å². The maximum atomic E-state index is 12.8. The summed E-state index contributed by atoms with van der Waals surface area (Å²) in [6.45, 7) is 3.57. The lowest BCUT2D eigenvalue weighted by molar-refractivity contribution is -0.130. The van der Waals surface area contributed by atoms with Gasteiger partial charge in [0.25, 0.3) is 0 Å². The highest BCUT2D eigenvalue weighted by Crippen LogP contribution is 2.30. The molecule has 140 valence electrons. The van der Waals surface area contributed by atoms with Gasteiger partial charge in [0.1, 0.15) is 0 Å². The molecule has 5 rings (SSSR count). The first kappa shape index (κ1) is 16.9. The van der Waals surface area contributed by atoms with Crippen LogP contribution in [0.4, 0.5) is 0 Å². The van der Waals surface area contributed by atoms with Crippen molar-refractivity contribution in [2.24, 2.45) is 0 Å². The fraction of sp³-hybridized carbons (Fsp3) is 0.208. The SMILES string of the molecule is Cc1cccc2c(C3=CCN(C(=O)Cc4c[nH]c5ccccc45)CC3)c[nH]c12. The zero-order valence-corrected chi connectivity index (χ0v) is 16.0. The molecule has 0 bridgehead atoms. The fourth-order valence-electron chi connectivity index (χ4n) is 4.26. The van der Waals surface area contributed by atoms with Crippen LogP contribution in [0.15, 0.2) is 60.9 Å². The van der Waals surface area contributed by atoms with Crippen molar-refractivity contribution in [2.75, 3.05) is 13.1 Å². The number of carbonyl (C=O) groups is 1. The molecular formula is C24H23N3O. The van der Waals surface area contributed by atoms with Crippen LogP contribution < -0.4 is 0 Å². The van der Waals surface area contributed by atoms with E-state index in [-0.39, 0.29) is 5.91 Å². The van der Waals surface area contributed by atoms with E-state index in [1.165, 1.54) is 27.6 Å². The van der Waals surface area contributed by atoms with Gasteiger partial charge >= 0.3 is 0 Å². The molecule has 0 atom stereocenters. The fourth-order valence-corrected chi connectivity index (χ4v) is 4.26. The van der Waals surface area contributed by atoms with Gasteiger partial charge in [-0.2, -0.15) is 0 Å². The molecule has 3 heterocycles. The van der Waals surface area contributed by atoms with Gasteiger partial charge in [-0.3, -0.25) is 4.79 Å². The molecular weight excluding hydrogens is 346 g/mol. The summed E-state index contributed by atoms with van der Waals surface area (Å²) in [6, 6.07) is 14.5. The number of hydrogen-bond donors (Lipinski definition) is 2. The number of aromatic amines is 2. The number of nitrogens with zero attached hydrogens (tertiary/aromatic N) is 1. The lowest BCUT2D eigenvalue weighted by Crippen LogP contribution is -2.35. The number of H-pyrrole nitrogens is 2. The van der Waals surface area contributed by atoms with Gasteiger partial charge in [0, 0.05) is 52.9 Å². The van der Waals surface area contributed by atoms with Crippen LogP contribution in [0.2, 0.25) is 0 Å². The Balaban J connectivity index is 1.33. The van der Waals surface area contributed by atoms with Gasteiger partial charge in [-0.25, -0.2) is 0 Å². The Hall–Kier alpha value is -3.27. The molecule has 0 fully saturated rings. The van der Waals surface area contributed by atoms with E-state index in [0.717, 1.165) is 29.4 Å². The largest absolute Gasteiger partial charge is 0.361 e. The molecule has 28 heavy (non-hydrogen) atoms. The normalized spacial score (nSPS) is 14.6. The summed E-state index contributed by atoms with van der Waals surface area (Å²) in [4.78, 5) is 21.5. The third-order valence-electron chi connectivity index (χ3n) is 5.85. The molecule has 2 aromatic heterocycles. The molecule has 1 aliphatic rings. The summed E-state index contributed by atoms with van der Waals surface area (Å²) in [6.07, 6.45) is 7.61. The summed E-state index contributed by atoms with van der Waals surface area (Å²) < 4.78 is 0. The van der Waals surface area contributed by atoms with Crippen LogP contribution in [-0.2, 0) is 11.2 Å². The Morgan fingerprint density at radius 2 is 1.89 bits per heavy atom. The maximum Gasteiger partial charge on any atom is 0.227 e. The number of benzene rings is 2. The van der Waals surface area contributed by atoms with Crippen molar-refractivity contribution in [2.45, 2.75) is 19.8 Å². The molecule has 2 N–H and O–H groups in total. The first-order chi connectivity index (χ1) is 13.7. The van der Waals surface area contributed by atoms with Gasteiger partial charge in [-0.1, -0.05) is 42.5 Å². The Labute approximate surface area is 163 Å². The van der Waals surface area contributed by atoms with Gasteiger partial charge in [-0.05, 0) is 36.1 Å². The third kappa shape index (κ3) is 2.82. The lowest BCUT2D eigenvalue weighted by atomic mass is 9.98. The van der Waals surface area contributed by atoms with Crippen LogP contribution >= 0.6 is 0 Å². The average molecular weight is 369 g/mol. The molecule has 0 aliphatic carbocycles. The van der Waals surface area contributed by atoms with Crippen molar-refractivity contribution < 1.29 is 4.79 Å². The first-order valence-corrected chi connectivity index (χ1v) is 9.79. The molecule has 4 aromatic rings. The predicted octanol–water partition coefficient (Wildman–Crippen LogP) is 4.82. The molecule has 2 aromatic carbocycles. The van der Waals surface area contributed by atoms with Gasteiger partial charge in [0.05, 0.1) is 6.42 Å². The number of nitrogens with one attached hydrogen (secondary N) is 2. The number of hydrogen-bond acceptors (Lipinski definition) is 1. The maximum absolute atomic E-state index is 12.8. The molecule has 0 saturated heterocycles. The zero-order chi connectivity index (χ0) is 19.1. The van der Waals surface area contributed by atoms with Crippen molar-refractivity contribution >= 4 is 33.3 Å². The van der Waals surface area contributed by atoms with Gasteiger partial charge < -0.3 is 14.9 Å². The molecule has 1 amide bonds. The van der Waals surface area contributed by atoms with E-state index in [9.17, 15) is 4.79 Å². The number of aromatic nitrogens is 2. The van der Waals surface area contributed by atoms with Crippen molar-refractivity contribution in [3.05, 3.63) is 77.6 Å². The molecule has 4 heteroatoms. The standard InChI is InChI=1S/C24H23N3O/c1-16-5-4-7-20-21(15-26-24(16)20)17-9-11-27(12-10-17)23(28)13-18-14-25-22-8-3-2-6-19(18)22/h2-9,14-15,25-26H,10-13H2,1H3. The van der Waals surface area contributed by atoms with Gasteiger partial charge in [0.2, 0.25) is 5.91 Å². The highest BCUT2D eigenvalue weighted by Gasteiger charge is 2.20. The highest BCUT2D eigenvalue weighted by atomic mass is 16.2. The summed E-state index contributed by atoms with van der Waals surface area (Å²) in [5, 5.41) is 2.41. The molecule has 4 nitrogen and oxygen atoms in total. The first-order valence-electron chi connectivity index (χ1n) is 9.79. The van der Waals surface area contributed by atoms with E-state index < -0.39 is 0 Å². The third-order valence-corrected chi connectivity index (χ3v) is 5.85. The quantitative estimate of drug-likeness (QED) is 0.535. The minimum Gasteiger partial charge on any atom is -0.361 e. The molecule has 0 radical (unpaired) electrons. The molecule has 0 spiro atoms. The van der Waals surface area contributed by atoms with Crippen molar-refractivity contribution in [1.82, 2.24) is 14.9 Å². The second-order valence-corrected chi connectivity index (χ2v) is 7.56. The number of aryl methyl sites for hydroxylation is 1. The van der Waals surface area contributed by atoms with E-state index in [1.54, 1.807) is 0 Å². The average Bonchev–Trinajstić information content (AvgIpc) is 3.34. The molecule has 1 aliphatic heterocycles. The van der Waals surface area contributed by atoms with Crippen LogP contribution in [0.5, 0.6) is 0 Å². The van der Waals surface area contributed by atoms with E-state index in [0.29, 0.717) is 13.0 Å².